The van der Waals surface area contributed by atoms with Gasteiger partial charge in [0.15, 0.2) is 4.96 Å². The van der Waals surface area contributed by atoms with Crippen LogP contribution in [-0.2, 0) is 16.8 Å². The fourth-order valence-electron chi connectivity index (χ4n) is 2.74. The first kappa shape index (κ1) is 14.0. The largest absolute Gasteiger partial charge is 0.350 e. The lowest BCUT2D eigenvalue weighted by atomic mass is 9.95. The molecule has 2 heterocycles. The molecule has 1 N–H and O–H groups in total. The molecular formula is C16H14BrN3OS. The molecule has 1 saturated carbocycles. The first-order valence-corrected chi connectivity index (χ1v) is 8.80. The minimum Gasteiger partial charge on any atom is -0.350 e. The molecular weight excluding hydrogens is 362 g/mol. The van der Waals surface area contributed by atoms with Crippen molar-refractivity contribution >= 4 is 38.1 Å². The predicted molar refractivity (Wildman–Crippen MR) is 90.0 cm³/mol. The molecule has 112 valence electrons. The van der Waals surface area contributed by atoms with Crippen LogP contribution < -0.4 is 5.32 Å². The van der Waals surface area contributed by atoms with E-state index >= 15 is 0 Å². The summed E-state index contributed by atoms with van der Waals surface area (Å²) in [6, 6.07) is 8.05. The average Bonchev–Trinajstić information content (AvgIpc) is 3.06. The Balaban J connectivity index is 1.47. The highest BCUT2D eigenvalue weighted by Gasteiger charge is 2.51. The Kier molecular flexibility index (Phi) is 3.31. The molecule has 0 aliphatic heterocycles. The van der Waals surface area contributed by atoms with E-state index < -0.39 is 0 Å². The summed E-state index contributed by atoms with van der Waals surface area (Å²) in [5, 5.41) is 5.04. The number of nitrogens with zero attached hydrogens (tertiary/aromatic N) is 2. The molecule has 0 bridgehead atoms. The maximum atomic E-state index is 12.6. The van der Waals surface area contributed by atoms with Gasteiger partial charge in [-0.2, -0.15) is 0 Å². The number of halogens is 1. The van der Waals surface area contributed by atoms with Crippen molar-refractivity contribution in [3.05, 3.63) is 57.8 Å². The molecule has 1 aliphatic rings. The summed E-state index contributed by atoms with van der Waals surface area (Å²) >= 11 is 5.03. The summed E-state index contributed by atoms with van der Waals surface area (Å²) in [5.74, 6) is 0.103. The Morgan fingerprint density at radius 2 is 2.14 bits per heavy atom. The molecule has 2 aromatic heterocycles. The number of benzene rings is 1. The van der Waals surface area contributed by atoms with E-state index in [1.165, 1.54) is 0 Å². The summed E-state index contributed by atoms with van der Waals surface area (Å²) in [5.41, 5.74) is 1.66. The van der Waals surface area contributed by atoms with Crippen molar-refractivity contribution in [2.45, 2.75) is 24.8 Å². The van der Waals surface area contributed by atoms with Gasteiger partial charge in [0.1, 0.15) is 0 Å². The third-order valence-corrected chi connectivity index (χ3v) is 5.45. The van der Waals surface area contributed by atoms with E-state index in [2.05, 4.69) is 26.2 Å². The molecule has 0 saturated heterocycles. The number of amides is 1. The first-order chi connectivity index (χ1) is 10.7. The maximum absolute atomic E-state index is 12.6. The van der Waals surface area contributed by atoms with Gasteiger partial charge in [0.25, 0.3) is 0 Å². The minimum atomic E-state index is -0.335. The highest BCUT2D eigenvalue weighted by atomic mass is 79.9. The van der Waals surface area contributed by atoms with E-state index in [1.807, 2.05) is 46.4 Å². The van der Waals surface area contributed by atoms with Crippen molar-refractivity contribution in [3.8, 4) is 0 Å². The van der Waals surface area contributed by atoms with Gasteiger partial charge in [0, 0.05) is 22.2 Å². The number of carbonyl (C=O) groups excluding carboxylic acids is 1. The Bertz CT molecular complexity index is 804. The molecule has 0 unspecified atom stereocenters. The number of thiazole rings is 1. The van der Waals surface area contributed by atoms with E-state index in [-0.39, 0.29) is 11.3 Å². The molecule has 4 rings (SSSR count). The fourth-order valence-corrected chi connectivity index (χ4v) is 3.73. The van der Waals surface area contributed by atoms with Gasteiger partial charge in [0.2, 0.25) is 5.91 Å². The number of rotatable bonds is 4. The second-order valence-electron chi connectivity index (χ2n) is 5.60. The third kappa shape index (κ3) is 2.36. The second-order valence-corrected chi connectivity index (χ2v) is 7.39. The molecule has 1 fully saturated rings. The number of fused-ring (bicyclic) bond motifs is 1. The van der Waals surface area contributed by atoms with Crippen LogP contribution in [0.2, 0.25) is 0 Å². The molecule has 0 radical (unpaired) electrons. The summed E-state index contributed by atoms with van der Waals surface area (Å²) < 4.78 is 3.01. The molecule has 1 amide bonds. The predicted octanol–water partition coefficient (Wildman–Crippen LogP) is 3.51. The van der Waals surface area contributed by atoms with Crippen LogP contribution in [0.25, 0.3) is 4.96 Å². The Morgan fingerprint density at radius 1 is 1.36 bits per heavy atom. The average molecular weight is 376 g/mol. The van der Waals surface area contributed by atoms with Crippen LogP contribution >= 0.6 is 27.3 Å². The molecule has 3 aromatic rings. The fraction of sp³-hybridized carbons (Fsp3) is 0.250. The Hall–Kier alpha value is -1.66. The van der Waals surface area contributed by atoms with E-state index in [0.29, 0.717) is 6.54 Å². The van der Waals surface area contributed by atoms with Gasteiger partial charge in [-0.25, -0.2) is 4.98 Å². The van der Waals surface area contributed by atoms with Crippen molar-refractivity contribution in [3.63, 3.8) is 0 Å². The Labute approximate surface area is 140 Å². The van der Waals surface area contributed by atoms with Gasteiger partial charge < -0.3 is 5.32 Å². The van der Waals surface area contributed by atoms with E-state index in [0.717, 1.165) is 33.5 Å². The van der Waals surface area contributed by atoms with Gasteiger partial charge >= 0.3 is 0 Å². The third-order valence-electron chi connectivity index (χ3n) is 4.15. The highest BCUT2D eigenvalue weighted by molar-refractivity contribution is 9.10. The molecule has 0 atom stereocenters. The Morgan fingerprint density at radius 3 is 2.82 bits per heavy atom. The first-order valence-electron chi connectivity index (χ1n) is 7.13. The topological polar surface area (TPSA) is 46.4 Å². The quantitative estimate of drug-likeness (QED) is 0.758. The van der Waals surface area contributed by atoms with E-state index in [9.17, 15) is 4.79 Å². The van der Waals surface area contributed by atoms with Crippen molar-refractivity contribution < 1.29 is 4.79 Å². The number of imidazole rings is 1. The standard InChI is InChI=1S/C16H14BrN3OS/c17-12-3-1-11(2-4-12)16(5-6-16)14(21)18-9-13-10-20-7-8-22-15(20)19-13/h1-4,7-8,10H,5-6,9H2,(H,18,21). The van der Waals surface area contributed by atoms with Crippen LogP contribution in [0.5, 0.6) is 0 Å². The molecule has 6 heteroatoms. The lowest BCUT2D eigenvalue weighted by molar-refractivity contribution is -0.123. The summed E-state index contributed by atoms with van der Waals surface area (Å²) in [6.45, 7) is 0.478. The molecule has 1 aliphatic carbocycles. The van der Waals surface area contributed by atoms with Gasteiger partial charge in [-0.15, -0.1) is 11.3 Å². The number of aromatic nitrogens is 2. The molecule has 0 spiro atoms. The maximum Gasteiger partial charge on any atom is 0.230 e. The molecule has 22 heavy (non-hydrogen) atoms. The van der Waals surface area contributed by atoms with Crippen molar-refractivity contribution in [2.75, 3.05) is 0 Å². The van der Waals surface area contributed by atoms with E-state index in [4.69, 9.17) is 0 Å². The van der Waals surface area contributed by atoms with Crippen LogP contribution in [0.3, 0.4) is 0 Å². The molecule has 1 aromatic carbocycles. The van der Waals surface area contributed by atoms with Gasteiger partial charge in [-0.05, 0) is 30.5 Å². The van der Waals surface area contributed by atoms with Crippen LogP contribution in [0, 0.1) is 0 Å². The molecule has 4 nitrogen and oxygen atoms in total. The van der Waals surface area contributed by atoms with Crippen LogP contribution in [-0.4, -0.2) is 15.3 Å². The van der Waals surface area contributed by atoms with E-state index in [1.54, 1.807) is 11.3 Å². The zero-order valence-electron chi connectivity index (χ0n) is 11.8. The van der Waals surface area contributed by atoms with Crippen LogP contribution in [0.4, 0.5) is 0 Å². The van der Waals surface area contributed by atoms with Crippen molar-refractivity contribution in [1.29, 1.82) is 0 Å². The summed E-state index contributed by atoms with van der Waals surface area (Å²) in [7, 11) is 0. The monoisotopic (exact) mass is 375 g/mol. The lowest BCUT2D eigenvalue weighted by Crippen LogP contribution is -2.34. The van der Waals surface area contributed by atoms with Crippen molar-refractivity contribution in [1.82, 2.24) is 14.7 Å². The van der Waals surface area contributed by atoms with Gasteiger partial charge in [0.05, 0.1) is 17.7 Å². The smallest absolute Gasteiger partial charge is 0.230 e. The second kappa shape index (κ2) is 5.21. The van der Waals surface area contributed by atoms with Gasteiger partial charge in [-0.1, -0.05) is 28.1 Å². The summed E-state index contributed by atoms with van der Waals surface area (Å²) in [6.07, 6.45) is 5.77. The highest BCUT2D eigenvalue weighted by Crippen LogP contribution is 2.48. The summed E-state index contributed by atoms with van der Waals surface area (Å²) in [4.78, 5) is 18.0. The SMILES string of the molecule is O=C(NCc1cn2ccsc2n1)C1(c2ccc(Br)cc2)CC1. The number of nitrogens with one attached hydrogen (secondary N) is 1. The number of hydrogen-bond donors (Lipinski definition) is 1. The zero-order chi connectivity index (χ0) is 15.2. The van der Waals surface area contributed by atoms with Crippen LogP contribution in [0.1, 0.15) is 24.1 Å². The van der Waals surface area contributed by atoms with Gasteiger partial charge in [-0.3, -0.25) is 9.20 Å². The lowest BCUT2D eigenvalue weighted by Gasteiger charge is -2.15. The number of carbonyl (C=O) groups is 1. The number of hydrogen-bond acceptors (Lipinski definition) is 3. The van der Waals surface area contributed by atoms with Crippen molar-refractivity contribution in [2.24, 2.45) is 0 Å². The normalized spacial score (nSPS) is 15.9. The minimum absolute atomic E-state index is 0.103. The van der Waals surface area contributed by atoms with Crippen LogP contribution in [0.15, 0.2) is 46.5 Å². The zero-order valence-corrected chi connectivity index (χ0v) is 14.2.